The first kappa shape index (κ1) is 12.6. The fourth-order valence-corrected chi connectivity index (χ4v) is 2.79. The number of allylic oxidation sites excluding steroid dienone is 1. The van der Waals surface area contributed by atoms with Crippen LogP contribution in [-0.4, -0.2) is 4.98 Å². The molecule has 0 spiro atoms. The minimum absolute atomic E-state index is 0.679. The van der Waals surface area contributed by atoms with Crippen molar-refractivity contribution in [2.45, 2.75) is 13.8 Å². The summed E-state index contributed by atoms with van der Waals surface area (Å²) in [6, 6.07) is 5.97. The molecule has 1 nitrogen and oxygen atoms in total. The van der Waals surface area contributed by atoms with E-state index in [1.54, 1.807) is 11.3 Å². The normalized spacial score (nSPS) is 11.9. The highest BCUT2D eigenvalue weighted by molar-refractivity contribution is 7.19. The lowest BCUT2D eigenvalue weighted by Crippen LogP contribution is -1.90. The van der Waals surface area contributed by atoms with E-state index in [4.69, 9.17) is 23.2 Å². The zero-order valence-electron chi connectivity index (χ0n) is 9.50. The van der Waals surface area contributed by atoms with Crippen LogP contribution >= 0.6 is 34.5 Å². The van der Waals surface area contributed by atoms with Gasteiger partial charge in [0, 0.05) is 16.6 Å². The van der Waals surface area contributed by atoms with E-state index in [0.29, 0.717) is 5.03 Å². The van der Waals surface area contributed by atoms with Crippen molar-refractivity contribution in [3.63, 3.8) is 0 Å². The minimum Gasteiger partial charge on any atom is -0.254 e. The van der Waals surface area contributed by atoms with E-state index in [2.05, 4.69) is 11.1 Å². The molecule has 17 heavy (non-hydrogen) atoms. The van der Waals surface area contributed by atoms with Crippen molar-refractivity contribution in [2.75, 3.05) is 0 Å². The third-order valence-electron chi connectivity index (χ3n) is 2.42. The standard InChI is InChI=1S/C13H11Cl2NS/c1-3-10(14)13-8(2)6-9(7-16-13)11-4-5-12(15)17-11/h3-7H,1-2H3/b10-3+. The van der Waals surface area contributed by atoms with Gasteiger partial charge in [0.05, 0.1) is 15.1 Å². The van der Waals surface area contributed by atoms with Gasteiger partial charge in [-0.05, 0) is 37.6 Å². The molecule has 0 saturated heterocycles. The van der Waals surface area contributed by atoms with Gasteiger partial charge in [0.25, 0.3) is 0 Å². The molecule has 0 bridgehead atoms. The number of hydrogen-bond acceptors (Lipinski definition) is 2. The summed E-state index contributed by atoms with van der Waals surface area (Å²) in [6.45, 7) is 3.91. The number of pyridine rings is 1. The summed E-state index contributed by atoms with van der Waals surface area (Å²) in [4.78, 5) is 5.52. The van der Waals surface area contributed by atoms with Crippen LogP contribution in [0, 0.1) is 6.92 Å². The second-order valence-electron chi connectivity index (χ2n) is 3.63. The zero-order valence-corrected chi connectivity index (χ0v) is 11.8. The molecule has 2 aromatic rings. The molecule has 0 aliphatic carbocycles. The first-order chi connectivity index (χ1) is 8.11. The molecule has 0 amide bonds. The molecular formula is C13H11Cl2NS. The van der Waals surface area contributed by atoms with Crippen LogP contribution in [0.15, 0.2) is 30.5 Å². The van der Waals surface area contributed by atoms with Crippen LogP contribution in [0.5, 0.6) is 0 Å². The summed E-state index contributed by atoms with van der Waals surface area (Å²) < 4.78 is 0.785. The zero-order chi connectivity index (χ0) is 12.4. The van der Waals surface area contributed by atoms with E-state index in [-0.39, 0.29) is 0 Å². The lowest BCUT2D eigenvalue weighted by Gasteiger charge is -2.05. The third-order valence-corrected chi connectivity index (χ3v) is 4.09. The summed E-state index contributed by atoms with van der Waals surface area (Å²) in [7, 11) is 0. The predicted octanol–water partition coefficient (Wildman–Crippen LogP) is 5.37. The lowest BCUT2D eigenvalue weighted by atomic mass is 10.1. The first-order valence-electron chi connectivity index (χ1n) is 5.16. The Kier molecular flexibility index (Phi) is 3.87. The Morgan fingerprint density at radius 2 is 2.18 bits per heavy atom. The van der Waals surface area contributed by atoms with Gasteiger partial charge in [-0.25, -0.2) is 0 Å². The molecule has 0 aliphatic heterocycles. The molecule has 88 valence electrons. The fourth-order valence-electron chi connectivity index (χ4n) is 1.57. The van der Waals surface area contributed by atoms with Gasteiger partial charge in [0.2, 0.25) is 0 Å². The Hall–Kier alpha value is -0.830. The van der Waals surface area contributed by atoms with Gasteiger partial charge >= 0.3 is 0 Å². The third kappa shape index (κ3) is 2.71. The number of nitrogens with zero attached hydrogens (tertiary/aromatic N) is 1. The Balaban J connectivity index is 2.44. The smallest absolute Gasteiger partial charge is 0.0934 e. The van der Waals surface area contributed by atoms with Crippen molar-refractivity contribution in [3.8, 4) is 10.4 Å². The van der Waals surface area contributed by atoms with E-state index in [0.717, 1.165) is 26.0 Å². The quantitative estimate of drug-likeness (QED) is 0.722. The van der Waals surface area contributed by atoms with Crippen molar-refractivity contribution >= 4 is 39.6 Å². The Morgan fingerprint density at radius 1 is 1.41 bits per heavy atom. The van der Waals surface area contributed by atoms with Crippen LogP contribution in [0.4, 0.5) is 0 Å². The molecular weight excluding hydrogens is 273 g/mol. The van der Waals surface area contributed by atoms with Gasteiger partial charge in [-0.2, -0.15) is 0 Å². The van der Waals surface area contributed by atoms with Crippen molar-refractivity contribution in [2.24, 2.45) is 0 Å². The molecule has 0 fully saturated rings. The summed E-state index contributed by atoms with van der Waals surface area (Å²) in [5.74, 6) is 0. The summed E-state index contributed by atoms with van der Waals surface area (Å²) in [6.07, 6.45) is 3.68. The maximum absolute atomic E-state index is 6.08. The molecule has 2 rings (SSSR count). The van der Waals surface area contributed by atoms with Gasteiger partial charge in [0.15, 0.2) is 0 Å². The van der Waals surface area contributed by atoms with Crippen molar-refractivity contribution in [3.05, 3.63) is 46.1 Å². The van der Waals surface area contributed by atoms with Gasteiger partial charge in [-0.3, -0.25) is 4.98 Å². The van der Waals surface area contributed by atoms with E-state index >= 15 is 0 Å². The first-order valence-corrected chi connectivity index (χ1v) is 6.73. The van der Waals surface area contributed by atoms with Gasteiger partial charge in [0.1, 0.15) is 0 Å². The van der Waals surface area contributed by atoms with E-state index in [9.17, 15) is 0 Å². The maximum Gasteiger partial charge on any atom is 0.0934 e. The van der Waals surface area contributed by atoms with Crippen LogP contribution < -0.4 is 0 Å². The molecule has 2 aromatic heterocycles. The number of rotatable bonds is 2. The largest absolute Gasteiger partial charge is 0.254 e. The van der Waals surface area contributed by atoms with E-state index in [1.165, 1.54) is 0 Å². The Morgan fingerprint density at radius 3 is 2.71 bits per heavy atom. The number of aromatic nitrogens is 1. The average Bonchev–Trinajstić information content (AvgIpc) is 2.75. The maximum atomic E-state index is 6.08. The Labute approximate surface area is 115 Å². The van der Waals surface area contributed by atoms with Crippen molar-refractivity contribution in [1.82, 2.24) is 4.98 Å². The van der Waals surface area contributed by atoms with Crippen LogP contribution in [0.25, 0.3) is 15.5 Å². The summed E-state index contributed by atoms with van der Waals surface area (Å²) in [5, 5.41) is 0.679. The second-order valence-corrected chi connectivity index (χ2v) is 5.75. The predicted molar refractivity (Wildman–Crippen MR) is 76.8 cm³/mol. The minimum atomic E-state index is 0.679. The molecule has 0 aromatic carbocycles. The SMILES string of the molecule is C/C=C(/Cl)c1ncc(-c2ccc(Cl)s2)cc1C. The highest BCUT2D eigenvalue weighted by Gasteiger charge is 2.07. The molecule has 4 heteroatoms. The van der Waals surface area contributed by atoms with Crippen molar-refractivity contribution < 1.29 is 0 Å². The van der Waals surface area contributed by atoms with Gasteiger partial charge < -0.3 is 0 Å². The molecule has 0 radical (unpaired) electrons. The monoisotopic (exact) mass is 283 g/mol. The molecule has 0 N–H and O–H groups in total. The number of hydrogen-bond donors (Lipinski definition) is 0. The van der Waals surface area contributed by atoms with Crippen molar-refractivity contribution in [1.29, 1.82) is 0 Å². The highest BCUT2D eigenvalue weighted by Crippen LogP contribution is 2.32. The molecule has 0 atom stereocenters. The topological polar surface area (TPSA) is 12.9 Å². The van der Waals surface area contributed by atoms with Crippen LogP contribution in [-0.2, 0) is 0 Å². The second kappa shape index (κ2) is 5.21. The van der Waals surface area contributed by atoms with Crippen LogP contribution in [0.3, 0.4) is 0 Å². The summed E-state index contributed by atoms with van der Waals surface area (Å²) >= 11 is 13.5. The Bertz CT molecular complexity index is 573. The number of halogens is 2. The lowest BCUT2D eigenvalue weighted by molar-refractivity contribution is 1.23. The fraction of sp³-hybridized carbons (Fsp3) is 0.154. The van der Waals surface area contributed by atoms with E-state index < -0.39 is 0 Å². The van der Waals surface area contributed by atoms with Gasteiger partial charge in [-0.15, -0.1) is 11.3 Å². The molecule has 2 heterocycles. The average molecular weight is 284 g/mol. The molecule has 0 saturated carbocycles. The van der Waals surface area contributed by atoms with Crippen LogP contribution in [0.1, 0.15) is 18.2 Å². The molecule has 0 aliphatic rings. The van der Waals surface area contributed by atoms with Gasteiger partial charge in [-0.1, -0.05) is 29.3 Å². The van der Waals surface area contributed by atoms with E-state index in [1.807, 2.05) is 38.3 Å². The highest BCUT2D eigenvalue weighted by atomic mass is 35.5. The molecule has 0 unspecified atom stereocenters. The number of aryl methyl sites for hydroxylation is 1. The number of thiophene rings is 1. The van der Waals surface area contributed by atoms with Crippen LogP contribution in [0.2, 0.25) is 4.34 Å². The summed E-state index contributed by atoms with van der Waals surface area (Å²) in [5.41, 5.74) is 2.97.